The number of para-hydroxylation sites is 1. The molecule has 0 amide bonds. The Kier molecular flexibility index (Phi) is 3.43. The van der Waals surface area contributed by atoms with Gasteiger partial charge in [0.1, 0.15) is 0 Å². The van der Waals surface area contributed by atoms with Gasteiger partial charge in [-0.25, -0.2) is 0 Å². The lowest BCUT2D eigenvalue weighted by atomic mass is 10.0. The molecule has 19 heavy (non-hydrogen) atoms. The molecule has 1 aromatic rings. The van der Waals surface area contributed by atoms with Crippen LogP contribution in [0.5, 0.6) is 0 Å². The van der Waals surface area contributed by atoms with Crippen LogP contribution in [0.15, 0.2) is 24.3 Å². The maximum atomic E-state index is 12.9. The van der Waals surface area contributed by atoms with E-state index < -0.39 is 29.7 Å². The Labute approximate surface area is 108 Å². The van der Waals surface area contributed by atoms with Crippen molar-refractivity contribution in [1.29, 1.82) is 0 Å². The van der Waals surface area contributed by atoms with Gasteiger partial charge in [-0.1, -0.05) is 12.1 Å². The highest BCUT2D eigenvalue weighted by atomic mass is 19.4. The summed E-state index contributed by atoms with van der Waals surface area (Å²) in [4.78, 5) is 12.6. The molecule has 1 aromatic carbocycles. The van der Waals surface area contributed by atoms with Crippen LogP contribution in [0.3, 0.4) is 0 Å². The lowest BCUT2D eigenvalue weighted by Crippen LogP contribution is -2.34. The Morgan fingerprint density at radius 1 is 1.37 bits per heavy atom. The average molecular weight is 273 g/mol. The maximum Gasteiger partial charge on any atom is 0.418 e. The molecule has 2 rings (SSSR count). The van der Waals surface area contributed by atoms with Gasteiger partial charge in [-0.15, -0.1) is 0 Å². The number of alkyl halides is 3. The highest BCUT2D eigenvalue weighted by molar-refractivity contribution is 5.73. The van der Waals surface area contributed by atoms with Gasteiger partial charge in [-0.05, 0) is 25.5 Å². The van der Waals surface area contributed by atoms with E-state index in [-0.39, 0.29) is 5.69 Å². The lowest BCUT2D eigenvalue weighted by molar-refractivity contribution is -0.141. The number of carboxylic acid groups (broad SMARTS) is 1. The Morgan fingerprint density at radius 2 is 2.00 bits per heavy atom. The molecule has 0 aromatic heterocycles. The van der Waals surface area contributed by atoms with E-state index in [1.54, 1.807) is 6.92 Å². The second-order valence-corrected chi connectivity index (χ2v) is 4.68. The molecule has 0 spiro atoms. The van der Waals surface area contributed by atoms with Gasteiger partial charge in [0.05, 0.1) is 11.5 Å². The Balaban J connectivity index is 2.36. The molecule has 6 heteroatoms. The van der Waals surface area contributed by atoms with Crippen molar-refractivity contribution in [3.8, 4) is 0 Å². The van der Waals surface area contributed by atoms with E-state index >= 15 is 0 Å². The Bertz CT molecular complexity index is 487. The van der Waals surface area contributed by atoms with Crippen molar-refractivity contribution in [2.24, 2.45) is 5.92 Å². The summed E-state index contributed by atoms with van der Waals surface area (Å²) in [5.41, 5.74) is -0.654. The third-order valence-electron chi connectivity index (χ3n) is 3.59. The molecule has 1 N–H and O–H groups in total. The van der Waals surface area contributed by atoms with E-state index in [1.807, 2.05) is 0 Å². The smallest absolute Gasteiger partial charge is 0.418 e. The molecule has 1 aliphatic heterocycles. The van der Waals surface area contributed by atoms with E-state index in [1.165, 1.54) is 23.1 Å². The van der Waals surface area contributed by atoms with Crippen molar-refractivity contribution in [3.05, 3.63) is 29.8 Å². The normalized spacial score (nSPS) is 23.7. The topological polar surface area (TPSA) is 40.5 Å². The maximum absolute atomic E-state index is 12.9. The van der Waals surface area contributed by atoms with E-state index in [0.29, 0.717) is 13.0 Å². The van der Waals surface area contributed by atoms with Crippen LogP contribution in [0.2, 0.25) is 0 Å². The number of rotatable bonds is 2. The van der Waals surface area contributed by atoms with Gasteiger partial charge in [0, 0.05) is 18.3 Å². The largest absolute Gasteiger partial charge is 0.481 e. The second kappa shape index (κ2) is 4.75. The minimum absolute atomic E-state index is 0.0613. The summed E-state index contributed by atoms with van der Waals surface area (Å²) in [7, 11) is 0. The molecule has 1 heterocycles. The molecule has 0 bridgehead atoms. The summed E-state index contributed by atoms with van der Waals surface area (Å²) < 4.78 is 38.8. The number of hydrogen-bond donors (Lipinski definition) is 1. The van der Waals surface area contributed by atoms with Crippen LogP contribution in [0.1, 0.15) is 18.9 Å². The van der Waals surface area contributed by atoms with Gasteiger partial charge in [-0.2, -0.15) is 13.2 Å². The van der Waals surface area contributed by atoms with Crippen molar-refractivity contribution in [2.45, 2.75) is 25.6 Å². The molecule has 3 nitrogen and oxygen atoms in total. The first-order chi connectivity index (χ1) is 8.82. The van der Waals surface area contributed by atoms with Gasteiger partial charge >= 0.3 is 12.1 Å². The molecule has 0 aliphatic carbocycles. The fraction of sp³-hybridized carbons (Fsp3) is 0.462. The minimum atomic E-state index is -4.43. The third kappa shape index (κ3) is 2.52. The number of carbonyl (C=O) groups is 1. The number of nitrogens with zero attached hydrogens (tertiary/aromatic N) is 1. The Morgan fingerprint density at radius 3 is 2.53 bits per heavy atom. The molecular formula is C13H14F3NO2. The molecule has 2 atom stereocenters. The van der Waals surface area contributed by atoms with Crippen molar-refractivity contribution in [2.75, 3.05) is 11.4 Å². The van der Waals surface area contributed by atoms with Crippen molar-refractivity contribution in [3.63, 3.8) is 0 Å². The summed E-state index contributed by atoms with van der Waals surface area (Å²) >= 11 is 0. The summed E-state index contributed by atoms with van der Waals surface area (Å²) in [5.74, 6) is -1.58. The molecule has 104 valence electrons. The van der Waals surface area contributed by atoms with Crippen LogP contribution in [-0.4, -0.2) is 23.7 Å². The predicted octanol–water partition coefficient (Wildman–Crippen LogP) is 3.00. The fourth-order valence-corrected chi connectivity index (χ4v) is 2.57. The van der Waals surface area contributed by atoms with Crippen LogP contribution in [0.25, 0.3) is 0 Å². The standard InChI is InChI=1S/C13H14F3NO2/c1-8-9(12(18)19)6-7-17(8)11-5-3-2-4-10(11)13(14,15)16/h2-5,8-9H,6-7H2,1H3,(H,18,19). The zero-order valence-electron chi connectivity index (χ0n) is 10.3. The van der Waals surface area contributed by atoms with Crippen LogP contribution in [-0.2, 0) is 11.0 Å². The highest BCUT2D eigenvalue weighted by Crippen LogP contribution is 2.39. The molecule has 2 unspecified atom stereocenters. The predicted molar refractivity (Wildman–Crippen MR) is 64.0 cm³/mol. The summed E-state index contributed by atoms with van der Waals surface area (Å²) in [6.45, 7) is 1.98. The zero-order valence-corrected chi connectivity index (χ0v) is 10.3. The number of benzene rings is 1. The van der Waals surface area contributed by atoms with Gasteiger partial charge in [0.15, 0.2) is 0 Å². The highest BCUT2D eigenvalue weighted by Gasteiger charge is 2.40. The lowest BCUT2D eigenvalue weighted by Gasteiger charge is -2.28. The number of aliphatic carboxylic acids is 1. The summed E-state index contributed by atoms with van der Waals surface area (Å²) in [5, 5.41) is 9.03. The van der Waals surface area contributed by atoms with Gasteiger partial charge in [0.25, 0.3) is 0 Å². The molecular weight excluding hydrogens is 259 g/mol. The monoisotopic (exact) mass is 273 g/mol. The Hall–Kier alpha value is -1.72. The quantitative estimate of drug-likeness (QED) is 0.900. The average Bonchev–Trinajstić information content (AvgIpc) is 2.70. The first-order valence-corrected chi connectivity index (χ1v) is 5.98. The third-order valence-corrected chi connectivity index (χ3v) is 3.59. The fourth-order valence-electron chi connectivity index (χ4n) is 2.57. The van der Waals surface area contributed by atoms with Gasteiger partial charge in [-0.3, -0.25) is 4.79 Å². The minimum Gasteiger partial charge on any atom is -0.481 e. The van der Waals surface area contributed by atoms with Crippen molar-refractivity contribution >= 4 is 11.7 Å². The van der Waals surface area contributed by atoms with Crippen LogP contribution in [0.4, 0.5) is 18.9 Å². The summed E-state index contributed by atoms with van der Waals surface area (Å²) in [6.07, 6.45) is -4.07. The first-order valence-electron chi connectivity index (χ1n) is 5.98. The number of halogens is 3. The number of anilines is 1. The summed E-state index contributed by atoms with van der Waals surface area (Å²) in [6, 6.07) is 4.84. The second-order valence-electron chi connectivity index (χ2n) is 4.68. The van der Waals surface area contributed by atoms with E-state index in [4.69, 9.17) is 5.11 Å². The first kappa shape index (κ1) is 13.7. The molecule has 1 fully saturated rings. The van der Waals surface area contributed by atoms with Crippen molar-refractivity contribution in [1.82, 2.24) is 0 Å². The zero-order chi connectivity index (χ0) is 14.2. The van der Waals surface area contributed by atoms with Crippen molar-refractivity contribution < 1.29 is 23.1 Å². The molecule has 0 radical (unpaired) electrons. The van der Waals surface area contributed by atoms with E-state index in [2.05, 4.69) is 0 Å². The van der Waals surface area contributed by atoms with Crippen LogP contribution >= 0.6 is 0 Å². The van der Waals surface area contributed by atoms with Crippen LogP contribution < -0.4 is 4.90 Å². The van der Waals surface area contributed by atoms with Crippen LogP contribution in [0, 0.1) is 5.92 Å². The molecule has 1 saturated heterocycles. The number of carboxylic acids is 1. The molecule has 1 aliphatic rings. The number of hydrogen-bond acceptors (Lipinski definition) is 2. The van der Waals surface area contributed by atoms with E-state index in [0.717, 1.165) is 6.07 Å². The molecule has 0 saturated carbocycles. The van der Waals surface area contributed by atoms with Gasteiger partial charge in [0.2, 0.25) is 0 Å². The van der Waals surface area contributed by atoms with E-state index in [9.17, 15) is 18.0 Å². The SMILES string of the molecule is CC1C(C(=O)O)CCN1c1ccccc1C(F)(F)F. The van der Waals surface area contributed by atoms with Gasteiger partial charge < -0.3 is 10.0 Å².